The van der Waals surface area contributed by atoms with E-state index in [0.717, 1.165) is 28.3 Å². The topological polar surface area (TPSA) is 30.7 Å². The number of aromatic nitrogens is 3. The Kier molecular flexibility index (Phi) is 3.52. The molecule has 3 rings (SSSR count). The zero-order chi connectivity index (χ0) is 13.9. The molecular weight excluding hydrogens is 270 g/mol. The van der Waals surface area contributed by atoms with Gasteiger partial charge in [-0.05, 0) is 35.4 Å². The highest BCUT2D eigenvalue weighted by Crippen LogP contribution is 2.24. The molecule has 4 heteroatoms. The number of pyridine rings is 1. The first-order chi connectivity index (χ1) is 9.72. The first kappa shape index (κ1) is 12.9. The van der Waals surface area contributed by atoms with Crippen molar-refractivity contribution in [1.29, 1.82) is 0 Å². The van der Waals surface area contributed by atoms with Gasteiger partial charge in [0.15, 0.2) is 0 Å². The fourth-order valence-electron chi connectivity index (χ4n) is 2.23. The first-order valence-corrected chi connectivity index (χ1v) is 6.77. The van der Waals surface area contributed by atoms with Crippen LogP contribution in [0.2, 0.25) is 5.02 Å². The van der Waals surface area contributed by atoms with E-state index in [1.165, 1.54) is 5.56 Å². The molecule has 1 aromatic carbocycles. The van der Waals surface area contributed by atoms with Crippen LogP contribution in [0, 0.1) is 0 Å². The van der Waals surface area contributed by atoms with Crippen LogP contribution in [0.1, 0.15) is 11.3 Å². The van der Waals surface area contributed by atoms with Gasteiger partial charge in [-0.3, -0.25) is 9.67 Å². The predicted molar refractivity (Wildman–Crippen MR) is 80.7 cm³/mol. The molecule has 0 N–H and O–H groups in total. The Morgan fingerprint density at radius 2 is 1.75 bits per heavy atom. The van der Waals surface area contributed by atoms with Crippen molar-refractivity contribution in [2.24, 2.45) is 7.05 Å². The van der Waals surface area contributed by atoms with E-state index in [4.69, 9.17) is 11.6 Å². The molecule has 0 unspecified atom stereocenters. The molecule has 0 amide bonds. The Morgan fingerprint density at radius 1 is 1.05 bits per heavy atom. The molecule has 3 aromatic rings. The molecular formula is C16H14ClN3. The van der Waals surface area contributed by atoms with Gasteiger partial charge in [0.2, 0.25) is 0 Å². The van der Waals surface area contributed by atoms with Gasteiger partial charge >= 0.3 is 0 Å². The molecule has 0 aliphatic carbocycles. The smallest absolute Gasteiger partial charge is 0.0746 e. The molecule has 100 valence electrons. The Morgan fingerprint density at radius 3 is 2.45 bits per heavy atom. The minimum absolute atomic E-state index is 0.754. The predicted octanol–water partition coefficient (Wildman–Crippen LogP) is 3.73. The summed E-state index contributed by atoms with van der Waals surface area (Å²) in [6, 6.07) is 11.9. The molecule has 2 aromatic heterocycles. The van der Waals surface area contributed by atoms with E-state index >= 15 is 0 Å². The zero-order valence-electron chi connectivity index (χ0n) is 11.1. The summed E-state index contributed by atoms with van der Waals surface area (Å²) in [7, 11) is 1.94. The molecule has 0 saturated heterocycles. The second-order valence-electron chi connectivity index (χ2n) is 4.70. The number of nitrogens with zero attached hydrogens (tertiary/aromatic N) is 3. The van der Waals surface area contributed by atoms with Gasteiger partial charge < -0.3 is 0 Å². The maximum absolute atomic E-state index is 5.92. The lowest BCUT2D eigenvalue weighted by molar-refractivity contribution is 0.749. The van der Waals surface area contributed by atoms with Crippen LogP contribution in [0.15, 0.2) is 55.0 Å². The van der Waals surface area contributed by atoms with Gasteiger partial charge in [-0.25, -0.2) is 0 Å². The molecule has 0 atom stereocenters. The molecule has 0 saturated carbocycles. The second-order valence-corrected chi connectivity index (χ2v) is 5.14. The van der Waals surface area contributed by atoms with Gasteiger partial charge in [0.1, 0.15) is 0 Å². The molecule has 3 nitrogen and oxygen atoms in total. The summed E-state index contributed by atoms with van der Waals surface area (Å²) in [5, 5.41) is 5.32. The van der Waals surface area contributed by atoms with E-state index in [9.17, 15) is 0 Å². The molecule has 0 spiro atoms. The van der Waals surface area contributed by atoms with Crippen LogP contribution >= 0.6 is 11.6 Å². The maximum Gasteiger partial charge on any atom is 0.0746 e. The minimum atomic E-state index is 0.754. The monoisotopic (exact) mass is 283 g/mol. The van der Waals surface area contributed by atoms with E-state index in [2.05, 4.69) is 10.1 Å². The normalized spacial score (nSPS) is 10.7. The number of hydrogen-bond donors (Lipinski definition) is 0. The quantitative estimate of drug-likeness (QED) is 0.733. The molecule has 20 heavy (non-hydrogen) atoms. The first-order valence-electron chi connectivity index (χ1n) is 6.40. The number of rotatable bonds is 3. The third kappa shape index (κ3) is 2.73. The Labute approximate surface area is 122 Å². The molecule has 0 fully saturated rings. The van der Waals surface area contributed by atoms with Gasteiger partial charge in [-0.15, -0.1) is 0 Å². The van der Waals surface area contributed by atoms with Crippen LogP contribution in [0.5, 0.6) is 0 Å². The Hall–Kier alpha value is -2.13. The van der Waals surface area contributed by atoms with Crippen molar-refractivity contribution in [3.63, 3.8) is 0 Å². The van der Waals surface area contributed by atoms with Crippen molar-refractivity contribution >= 4 is 11.6 Å². The highest BCUT2D eigenvalue weighted by atomic mass is 35.5. The highest BCUT2D eigenvalue weighted by molar-refractivity contribution is 6.30. The molecule has 2 heterocycles. The van der Waals surface area contributed by atoms with Crippen molar-refractivity contribution in [2.75, 3.05) is 0 Å². The summed E-state index contributed by atoms with van der Waals surface area (Å²) in [6.07, 6.45) is 6.43. The zero-order valence-corrected chi connectivity index (χ0v) is 11.9. The van der Waals surface area contributed by atoms with Crippen molar-refractivity contribution in [1.82, 2.24) is 14.8 Å². The Balaban J connectivity index is 1.96. The average molecular weight is 284 g/mol. The third-order valence-electron chi connectivity index (χ3n) is 3.18. The summed E-state index contributed by atoms with van der Waals surface area (Å²) in [4.78, 5) is 4.06. The summed E-state index contributed by atoms with van der Waals surface area (Å²) in [5.41, 5.74) is 4.53. The lowest BCUT2D eigenvalue weighted by Gasteiger charge is -2.03. The van der Waals surface area contributed by atoms with Gasteiger partial charge in [-0.1, -0.05) is 23.7 Å². The number of halogens is 1. The standard InChI is InChI=1S/C16H14ClN3/c1-20-11-15(13-6-8-18-9-7-13)16(19-20)10-12-2-4-14(17)5-3-12/h2-9,11H,10H2,1H3. The average Bonchev–Trinajstić information content (AvgIpc) is 2.83. The van der Waals surface area contributed by atoms with E-state index in [0.29, 0.717) is 0 Å². The van der Waals surface area contributed by atoms with Gasteiger partial charge in [-0.2, -0.15) is 5.10 Å². The SMILES string of the molecule is Cn1cc(-c2ccncc2)c(Cc2ccc(Cl)cc2)n1. The summed E-state index contributed by atoms with van der Waals surface area (Å²) >= 11 is 5.92. The Bertz CT molecular complexity index is 702. The largest absolute Gasteiger partial charge is 0.275 e. The van der Waals surface area contributed by atoms with Crippen molar-refractivity contribution in [2.45, 2.75) is 6.42 Å². The van der Waals surface area contributed by atoms with Crippen LogP contribution in [0.4, 0.5) is 0 Å². The lowest BCUT2D eigenvalue weighted by Crippen LogP contribution is -1.93. The third-order valence-corrected chi connectivity index (χ3v) is 3.43. The van der Waals surface area contributed by atoms with Crippen LogP contribution in [-0.2, 0) is 13.5 Å². The molecule has 0 aliphatic heterocycles. The van der Waals surface area contributed by atoms with Crippen molar-refractivity contribution in [3.05, 3.63) is 71.3 Å². The number of aryl methyl sites for hydroxylation is 1. The summed E-state index contributed by atoms with van der Waals surface area (Å²) < 4.78 is 1.85. The van der Waals surface area contributed by atoms with Crippen LogP contribution < -0.4 is 0 Å². The fraction of sp³-hybridized carbons (Fsp3) is 0.125. The maximum atomic E-state index is 5.92. The van der Waals surface area contributed by atoms with Crippen molar-refractivity contribution < 1.29 is 0 Å². The fourth-order valence-corrected chi connectivity index (χ4v) is 2.36. The molecule has 0 aliphatic rings. The highest BCUT2D eigenvalue weighted by Gasteiger charge is 2.10. The van der Waals surface area contributed by atoms with Gasteiger partial charge in [0.05, 0.1) is 5.69 Å². The van der Waals surface area contributed by atoms with E-state index in [1.54, 1.807) is 12.4 Å². The number of benzene rings is 1. The summed E-state index contributed by atoms with van der Waals surface area (Å²) in [5.74, 6) is 0. The van der Waals surface area contributed by atoms with Gasteiger partial charge in [0.25, 0.3) is 0 Å². The van der Waals surface area contributed by atoms with E-state index in [1.807, 2.05) is 54.3 Å². The van der Waals surface area contributed by atoms with Gasteiger partial charge in [0, 0.05) is 42.6 Å². The van der Waals surface area contributed by atoms with E-state index < -0.39 is 0 Å². The van der Waals surface area contributed by atoms with Crippen LogP contribution in [0.25, 0.3) is 11.1 Å². The second kappa shape index (κ2) is 5.47. The van der Waals surface area contributed by atoms with Crippen LogP contribution in [0.3, 0.4) is 0 Å². The van der Waals surface area contributed by atoms with Crippen LogP contribution in [-0.4, -0.2) is 14.8 Å². The number of hydrogen-bond acceptors (Lipinski definition) is 2. The van der Waals surface area contributed by atoms with Crippen molar-refractivity contribution in [3.8, 4) is 11.1 Å². The lowest BCUT2D eigenvalue weighted by atomic mass is 10.0. The molecule has 0 bridgehead atoms. The summed E-state index contributed by atoms with van der Waals surface area (Å²) in [6.45, 7) is 0. The van der Waals surface area contributed by atoms with E-state index in [-0.39, 0.29) is 0 Å². The minimum Gasteiger partial charge on any atom is -0.275 e. The molecule has 0 radical (unpaired) electrons.